The van der Waals surface area contributed by atoms with E-state index in [1.807, 2.05) is 11.0 Å². The third-order valence-electron chi connectivity index (χ3n) is 6.92. The molecule has 1 aromatic heterocycles. The molecule has 0 aromatic carbocycles. The highest BCUT2D eigenvalue weighted by Crippen LogP contribution is 2.45. The van der Waals surface area contributed by atoms with Gasteiger partial charge in [-0.15, -0.1) is 11.3 Å². The zero-order valence-electron chi connectivity index (χ0n) is 20.9. The van der Waals surface area contributed by atoms with Gasteiger partial charge in [0.1, 0.15) is 4.88 Å². The van der Waals surface area contributed by atoms with Crippen molar-refractivity contribution in [3.63, 3.8) is 0 Å². The van der Waals surface area contributed by atoms with Gasteiger partial charge in [0, 0.05) is 30.2 Å². The Hall–Kier alpha value is -1.17. The highest BCUT2D eigenvalue weighted by Gasteiger charge is 2.38. The van der Waals surface area contributed by atoms with E-state index in [4.69, 9.17) is 4.52 Å². The molecule has 2 aliphatic carbocycles. The maximum Gasteiger partial charge on any atom is 0.348 e. The molecule has 2 fully saturated rings. The molecule has 6 nitrogen and oxygen atoms in total. The molecule has 2 saturated carbocycles. The summed E-state index contributed by atoms with van der Waals surface area (Å²) >= 11 is 1.28. The molecule has 0 atom stereocenters. The van der Waals surface area contributed by atoms with Gasteiger partial charge in [-0.1, -0.05) is 27.7 Å². The molecular formula is C25H40NO5PS. The summed E-state index contributed by atoms with van der Waals surface area (Å²) in [5.41, 5.74) is 0.360. The van der Waals surface area contributed by atoms with Gasteiger partial charge in [0.25, 0.3) is 0 Å². The van der Waals surface area contributed by atoms with Crippen molar-refractivity contribution in [1.82, 2.24) is 0 Å². The summed E-state index contributed by atoms with van der Waals surface area (Å²) in [6.45, 7) is 11.7. The average molecular weight is 498 g/mol. The van der Waals surface area contributed by atoms with Crippen LogP contribution in [0, 0.1) is 11.8 Å². The minimum Gasteiger partial charge on any atom is -0.477 e. The lowest BCUT2D eigenvalue weighted by Crippen LogP contribution is -2.47. The quantitative estimate of drug-likeness (QED) is 0.439. The number of hydrogen-bond donors (Lipinski definition) is 1. The Morgan fingerprint density at radius 1 is 1.06 bits per heavy atom. The van der Waals surface area contributed by atoms with Crippen molar-refractivity contribution in [3.8, 4) is 0 Å². The molecule has 0 unspecified atom stereocenters. The second kappa shape index (κ2) is 10.2. The number of amides is 1. The van der Waals surface area contributed by atoms with Crippen LogP contribution in [0.2, 0.25) is 0 Å². The fraction of sp³-hybridized carbons (Fsp3) is 0.760. The summed E-state index contributed by atoms with van der Waals surface area (Å²) in [7, 11) is -2.58. The Morgan fingerprint density at radius 2 is 1.64 bits per heavy atom. The summed E-state index contributed by atoms with van der Waals surface area (Å²) in [6, 6.07) is 1.87. The smallest absolute Gasteiger partial charge is 0.348 e. The van der Waals surface area contributed by atoms with Crippen molar-refractivity contribution in [2.24, 2.45) is 11.8 Å². The van der Waals surface area contributed by atoms with Gasteiger partial charge in [-0.3, -0.25) is 9.36 Å². The van der Waals surface area contributed by atoms with E-state index in [0.717, 1.165) is 56.2 Å². The standard InChI is InChI=1S/C25H40NO5PS/c1-16-7-9-17(10-8-16)23(27)26(18-11-13-19(14-12-18)31-32(5,6)30)20-15-21(25(2,3)4)33-22(20)24(28)29/h15-19H,7-14H2,1-6H3,(H,28,29). The van der Waals surface area contributed by atoms with E-state index in [2.05, 4.69) is 27.7 Å². The third-order valence-corrected chi connectivity index (χ3v) is 9.26. The first-order valence-corrected chi connectivity index (χ1v) is 15.5. The highest BCUT2D eigenvalue weighted by molar-refractivity contribution is 7.57. The number of anilines is 1. The van der Waals surface area contributed by atoms with E-state index in [0.29, 0.717) is 11.6 Å². The highest BCUT2D eigenvalue weighted by atomic mass is 32.1. The first kappa shape index (κ1) is 26.4. The van der Waals surface area contributed by atoms with Crippen LogP contribution in [0.15, 0.2) is 6.07 Å². The predicted molar refractivity (Wildman–Crippen MR) is 135 cm³/mol. The molecule has 8 heteroatoms. The second-order valence-electron chi connectivity index (χ2n) is 11.3. The molecule has 0 bridgehead atoms. The van der Waals surface area contributed by atoms with Crippen molar-refractivity contribution in [1.29, 1.82) is 0 Å². The van der Waals surface area contributed by atoms with E-state index < -0.39 is 13.3 Å². The number of carboxylic acids is 1. The number of thiophene rings is 1. The summed E-state index contributed by atoms with van der Waals surface area (Å²) in [5.74, 6) is -0.322. The molecule has 33 heavy (non-hydrogen) atoms. The topological polar surface area (TPSA) is 83.9 Å². The minimum absolute atomic E-state index is 0.0543. The number of hydrogen-bond acceptors (Lipinski definition) is 5. The first-order chi connectivity index (χ1) is 15.3. The lowest BCUT2D eigenvalue weighted by atomic mass is 9.81. The fourth-order valence-corrected chi connectivity index (χ4v) is 7.02. The summed E-state index contributed by atoms with van der Waals surface area (Å²) < 4.78 is 17.9. The van der Waals surface area contributed by atoms with Crippen LogP contribution in [0.4, 0.5) is 5.69 Å². The largest absolute Gasteiger partial charge is 0.477 e. The SMILES string of the molecule is CC1CCC(C(=O)N(c2cc(C(C)(C)C)sc2C(=O)O)C2CCC(OP(C)(C)=O)CC2)CC1. The molecule has 2 aliphatic rings. The van der Waals surface area contributed by atoms with E-state index in [-0.39, 0.29) is 34.3 Å². The van der Waals surface area contributed by atoms with Crippen molar-refractivity contribution in [3.05, 3.63) is 15.8 Å². The lowest BCUT2D eigenvalue weighted by molar-refractivity contribution is -0.124. The second-order valence-corrected chi connectivity index (χ2v) is 15.1. The Labute approximate surface area is 202 Å². The molecule has 186 valence electrons. The molecule has 0 saturated heterocycles. The van der Waals surface area contributed by atoms with E-state index in [1.165, 1.54) is 11.3 Å². The van der Waals surface area contributed by atoms with Gasteiger partial charge in [0.2, 0.25) is 5.91 Å². The summed E-state index contributed by atoms with van der Waals surface area (Å²) in [6.07, 6.45) is 6.62. The number of aromatic carboxylic acids is 1. The van der Waals surface area contributed by atoms with Gasteiger partial charge in [0.05, 0.1) is 11.8 Å². The van der Waals surface area contributed by atoms with Gasteiger partial charge in [-0.2, -0.15) is 0 Å². The van der Waals surface area contributed by atoms with Crippen LogP contribution in [-0.4, -0.2) is 42.5 Å². The Bertz CT molecular complexity index is 898. The Balaban J connectivity index is 1.94. The lowest BCUT2D eigenvalue weighted by Gasteiger charge is -2.39. The van der Waals surface area contributed by atoms with Crippen LogP contribution in [0.5, 0.6) is 0 Å². The summed E-state index contributed by atoms with van der Waals surface area (Å²) in [5, 5.41) is 10.0. The van der Waals surface area contributed by atoms with Gasteiger partial charge in [-0.25, -0.2) is 4.79 Å². The van der Waals surface area contributed by atoms with E-state index in [1.54, 1.807) is 13.3 Å². The van der Waals surface area contributed by atoms with Crippen LogP contribution in [0.25, 0.3) is 0 Å². The average Bonchev–Trinajstić information content (AvgIpc) is 3.14. The van der Waals surface area contributed by atoms with Crippen LogP contribution in [0.1, 0.15) is 93.6 Å². The maximum atomic E-state index is 13.9. The molecule has 0 radical (unpaired) electrons. The Kier molecular flexibility index (Phi) is 8.18. The van der Waals surface area contributed by atoms with Crippen LogP contribution in [0.3, 0.4) is 0 Å². The van der Waals surface area contributed by atoms with E-state index in [9.17, 15) is 19.3 Å². The number of carbonyl (C=O) groups is 2. The molecular weight excluding hydrogens is 457 g/mol. The number of carboxylic acid groups (broad SMARTS) is 1. The van der Waals surface area contributed by atoms with Crippen LogP contribution >= 0.6 is 18.7 Å². The van der Waals surface area contributed by atoms with Crippen LogP contribution < -0.4 is 4.90 Å². The van der Waals surface area contributed by atoms with Crippen molar-refractivity contribution in [2.45, 2.75) is 96.6 Å². The van der Waals surface area contributed by atoms with Crippen molar-refractivity contribution < 1.29 is 23.8 Å². The monoisotopic (exact) mass is 497 g/mol. The van der Waals surface area contributed by atoms with Gasteiger partial charge in [0.15, 0.2) is 7.37 Å². The van der Waals surface area contributed by atoms with Crippen LogP contribution in [-0.2, 0) is 19.3 Å². The zero-order chi connectivity index (χ0) is 24.6. The number of rotatable bonds is 6. The predicted octanol–water partition coefficient (Wildman–Crippen LogP) is 6.77. The van der Waals surface area contributed by atoms with Gasteiger partial charge < -0.3 is 14.5 Å². The van der Waals surface area contributed by atoms with Crippen molar-refractivity contribution in [2.75, 3.05) is 18.2 Å². The molecule has 1 heterocycles. The normalized spacial score (nSPS) is 26.7. The minimum atomic E-state index is -2.58. The van der Waals surface area contributed by atoms with Crippen molar-refractivity contribution >= 4 is 36.3 Å². The molecule has 0 aliphatic heterocycles. The first-order valence-electron chi connectivity index (χ1n) is 12.2. The molecule has 3 rings (SSSR count). The Morgan fingerprint density at radius 3 is 2.12 bits per heavy atom. The molecule has 1 amide bonds. The number of carbonyl (C=O) groups excluding carboxylic acids is 1. The number of nitrogens with zero attached hydrogens (tertiary/aromatic N) is 1. The molecule has 0 spiro atoms. The van der Waals surface area contributed by atoms with Gasteiger partial charge >= 0.3 is 5.97 Å². The van der Waals surface area contributed by atoms with Gasteiger partial charge in [-0.05, 0) is 68.8 Å². The fourth-order valence-electron chi connectivity index (χ4n) is 5.05. The summed E-state index contributed by atoms with van der Waals surface area (Å²) in [4.78, 5) is 29.2. The maximum absolute atomic E-state index is 13.9. The molecule has 1 N–H and O–H groups in total. The zero-order valence-corrected chi connectivity index (χ0v) is 22.6. The third kappa shape index (κ3) is 6.70. The van der Waals surface area contributed by atoms with E-state index >= 15 is 0 Å². The molecule has 1 aromatic rings.